The molecule has 1 aliphatic heterocycles. The van der Waals surface area contributed by atoms with Crippen LogP contribution in [-0.2, 0) is 4.74 Å². The van der Waals surface area contributed by atoms with Gasteiger partial charge in [0.2, 0.25) is 0 Å². The van der Waals surface area contributed by atoms with Crippen LogP contribution in [0.1, 0.15) is 25.7 Å². The van der Waals surface area contributed by atoms with E-state index in [-0.39, 0.29) is 17.5 Å². The van der Waals surface area contributed by atoms with E-state index in [1.54, 1.807) is 18.2 Å². The Morgan fingerprint density at radius 1 is 1.38 bits per heavy atom. The van der Waals surface area contributed by atoms with Gasteiger partial charge in [0, 0.05) is 12.6 Å². The van der Waals surface area contributed by atoms with Crippen molar-refractivity contribution < 1.29 is 14.4 Å². The highest BCUT2D eigenvalue weighted by Gasteiger charge is 2.36. The number of methoxy groups -OCH3 is 1. The summed E-state index contributed by atoms with van der Waals surface area (Å²) in [4.78, 5) is 10.9. The van der Waals surface area contributed by atoms with Crippen LogP contribution in [0.2, 0.25) is 0 Å². The maximum Gasteiger partial charge on any atom is 0.333 e. The first-order chi connectivity index (χ1) is 10.2. The van der Waals surface area contributed by atoms with Crippen LogP contribution in [0.4, 0.5) is 11.4 Å². The zero-order valence-electron chi connectivity index (χ0n) is 12.1. The van der Waals surface area contributed by atoms with E-state index in [9.17, 15) is 10.1 Å². The summed E-state index contributed by atoms with van der Waals surface area (Å²) in [5.74, 6) is 0.977. The van der Waals surface area contributed by atoms with E-state index in [0.29, 0.717) is 17.7 Å². The number of nitrogens with one attached hydrogen (secondary N) is 1. The third-order valence-electron chi connectivity index (χ3n) is 4.22. The van der Waals surface area contributed by atoms with Crippen molar-refractivity contribution in [2.24, 2.45) is 5.92 Å². The first-order valence-electron chi connectivity index (χ1n) is 7.38. The van der Waals surface area contributed by atoms with E-state index in [0.717, 1.165) is 19.4 Å². The number of hydrogen-bond donors (Lipinski definition) is 1. The molecule has 0 unspecified atom stereocenters. The monoisotopic (exact) mass is 292 g/mol. The van der Waals surface area contributed by atoms with Crippen LogP contribution < -0.4 is 10.1 Å². The predicted octanol–water partition coefficient (Wildman–Crippen LogP) is 2.97. The Morgan fingerprint density at radius 3 is 2.86 bits per heavy atom. The molecule has 1 N–H and O–H groups in total. The van der Waals surface area contributed by atoms with Gasteiger partial charge in [0.25, 0.3) is 0 Å². The van der Waals surface area contributed by atoms with Crippen molar-refractivity contribution >= 4 is 11.4 Å². The summed E-state index contributed by atoms with van der Waals surface area (Å²) in [7, 11) is 1.45. The van der Waals surface area contributed by atoms with Gasteiger partial charge < -0.3 is 14.8 Å². The van der Waals surface area contributed by atoms with E-state index in [1.807, 2.05) is 0 Å². The minimum absolute atomic E-state index is 0.00876. The molecule has 114 valence electrons. The highest BCUT2D eigenvalue weighted by atomic mass is 16.6. The largest absolute Gasteiger partial charge is 0.490 e. The number of hydrogen-bond acceptors (Lipinski definition) is 5. The fraction of sp³-hybridized carbons (Fsp3) is 0.600. The minimum Gasteiger partial charge on any atom is -0.490 e. The number of ether oxygens (including phenoxy) is 2. The summed E-state index contributed by atoms with van der Waals surface area (Å²) in [5, 5.41) is 14.6. The zero-order valence-corrected chi connectivity index (χ0v) is 12.1. The number of nitro groups is 1. The molecule has 1 saturated carbocycles. The summed E-state index contributed by atoms with van der Waals surface area (Å²) in [6.07, 6.45) is 4.59. The number of nitrogens with zero attached hydrogens (tertiary/aromatic N) is 1. The molecule has 0 amide bonds. The minimum atomic E-state index is -0.390. The topological polar surface area (TPSA) is 73.6 Å². The van der Waals surface area contributed by atoms with Crippen LogP contribution in [0.3, 0.4) is 0 Å². The predicted molar refractivity (Wildman–Crippen MR) is 78.8 cm³/mol. The van der Waals surface area contributed by atoms with Crippen molar-refractivity contribution in [3.05, 3.63) is 28.3 Å². The quantitative estimate of drug-likeness (QED) is 0.667. The Labute approximate surface area is 123 Å². The summed E-state index contributed by atoms with van der Waals surface area (Å²) in [6.45, 7) is 0.719. The van der Waals surface area contributed by atoms with Gasteiger partial charge in [-0.1, -0.05) is 6.07 Å². The Balaban J connectivity index is 1.76. The van der Waals surface area contributed by atoms with E-state index in [4.69, 9.17) is 9.47 Å². The van der Waals surface area contributed by atoms with Crippen LogP contribution in [-0.4, -0.2) is 30.8 Å². The molecule has 6 nitrogen and oxygen atoms in total. The second kappa shape index (κ2) is 5.89. The van der Waals surface area contributed by atoms with Gasteiger partial charge in [-0.25, -0.2) is 0 Å². The maximum atomic E-state index is 11.3. The molecule has 1 aliphatic carbocycles. The van der Waals surface area contributed by atoms with Crippen molar-refractivity contribution in [1.82, 2.24) is 0 Å². The second-order valence-corrected chi connectivity index (χ2v) is 5.73. The maximum absolute atomic E-state index is 11.3. The number of nitro benzene ring substituents is 1. The van der Waals surface area contributed by atoms with Crippen molar-refractivity contribution in [1.29, 1.82) is 0 Å². The fourth-order valence-electron chi connectivity index (χ4n) is 2.97. The Hall–Kier alpha value is -1.82. The third kappa shape index (κ3) is 3.10. The number of rotatable bonds is 5. The average Bonchev–Trinajstić information content (AvgIpc) is 3.31. The average molecular weight is 292 g/mol. The molecule has 0 radical (unpaired) electrons. The van der Waals surface area contributed by atoms with Gasteiger partial charge in [0.15, 0.2) is 5.75 Å². The standard InChI is InChI=1S/C15H20N2O4/c1-20-13-4-2-3-12(15(13)17(18)19)16-11-7-8-21-14(9-11)10-5-6-10/h2-4,10-11,14,16H,5-9H2,1H3/t11-,14+/m1/s1. The summed E-state index contributed by atoms with van der Waals surface area (Å²) >= 11 is 0. The molecule has 3 rings (SSSR count). The highest BCUT2D eigenvalue weighted by molar-refractivity contribution is 5.68. The first kappa shape index (κ1) is 14.1. The first-order valence-corrected chi connectivity index (χ1v) is 7.38. The van der Waals surface area contributed by atoms with E-state index in [2.05, 4.69) is 5.32 Å². The molecule has 1 saturated heterocycles. The normalized spacial score (nSPS) is 25.4. The van der Waals surface area contributed by atoms with Crippen LogP contribution >= 0.6 is 0 Å². The Kier molecular flexibility index (Phi) is 3.96. The van der Waals surface area contributed by atoms with Gasteiger partial charge in [-0.15, -0.1) is 0 Å². The van der Waals surface area contributed by atoms with Gasteiger partial charge in [0.05, 0.1) is 18.1 Å². The van der Waals surface area contributed by atoms with E-state index < -0.39 is 4.92 Å². The Morgan fingerprint density at radius 2 is 2.19 bits per heavy atom. The SMILES string of the molecule is COc1cccc(N[C@@H]2CCO[C@H](C3CC3)C2)c1[N+](=O)[O-]. The van der Waals surface area contributed by atoms with Crippen LogP contribution in [0.5, 0.6) is 5.75 Å². The van der Waals surface area contributed by atoms with Crippen molar-refractivity contribution in [3.8, 4) is 5.75 Å². The van der Waals surface area contributed by atoms with Crippen molar-refractivity contribution in [3.63, 3.8) is 0 Å². The Bertz CT molecular complexity index is 530. The number of para-hydroxylation sites is 1. The fourth-order valence-corrected chi connectivity index (χ4v) is 2.97. The van der Waals surface area contributed by atoms with Crippen molar-refractivity contribution in [2.45, 2.75) is 37.8 Å². The van der Waals surface area contributed by atoms with Gasteiger partial charge in [-0.2, -0.15) is 0 Å². The summed E-state index contributed by atoms with van der Waals surface area (Å²) in [5.41, 5.74) is 0.537. The van der Waals surface area contributed by atoms with Gasteiger partial charge in [0.1, 0.15) is 5.69 Å². The van der Waals surface area contributed by atoms with Gasteiger partial charge >= 0.3 is 5.69 Å². The lowest BCUT2D eigenvalue weighted by atomic mass is 9.99. The molecule has 0 aromatic heterocycles. The molecule has 21 heavy (non-hydrogen) atoms. The van der Waals surface area contributed by atoms with Crippen LogP contribution in [0, 0.1) is 16.0 Å². The molecular formula is C15H20N2O4. The molecule has 2 aliphatic rings. The zero-order chi connectivity index (χ0) is 14.8. The highest BCUT2D eigenvalue weighted by Crippen LogP contribution is 2.40. The molecule has 1 aromatic rings. The van der Waals surface area contributed by atoms with Crippen LogP contribution in [0.25, 0.3) is 0 Å². The molecule has 2 fully saturated rings. The molecule has 0 bridgehead atoms. The third-order valence-corrected chi connectivity index (χ3v) is 4.22. The summed E-state index contributed by atoms with van der Waals surface area (Å²) in [6, 6.07) is 5.34. The molecule has 2 atom stereocenters. The lowest BCUT2D eigenvalue weighted by Gasteiger charge is -2.30. The molecular weight excluding hydrogens is 272 g/mol. The van der Waals surface area contributed by atoms with Crippen molar-refractivity contribution in [2.75, 3.05) is 19.0 Å². The smallest absolute Gasteiger partial charge is 0.333 e. The lowest BCUT2D eigenvalue weighted by molar-refractivity contribution is -0.384. The molecule has 1 heterocycles. The number of anilines is 1. The lowest BCUT2D eigenvalue weighted by Crippen LogP contribution is -2.35. The van der Waals surface area contributed by atoms with E-state index in [1.165, 1.54) is 20.0 Å². The van der Waals surface area contributed by atoms with Gasteiger partial charge in [-0.05, 0) is 43.7 Å². The van der Waals surface area contributed by atoms with Gasteiger partial charge in [-0.3, -0.25) is 10.1 Å². The molecule has 0 spiro atoms. The summed E-state index contributed by atoms with van der Waals surface area (Å²) < 4.78 is 10.9. The number of benzene rings is 1. The van der Waals surface area contributed by atoms with Crippen LogP contribution in [0.15, 0.2) is 18.2 Å². The van der Waals surface area contributed by atoms with E-state index >= 15 is 0 Å². The molecule has 6 heteroatoms. The second-order valence-electron chi connectivity index (χ2n) is 5.73. The molecule has 1 aromatic carbocycles.